The van der Waals surface area contributed by atoms with Crippen molar-refractivity contribution in [1.29, 1.82) is 0 Å². The van der Waals surface area contributed by atoms with Gasteiger partial charge in [-0.05, 0) is 30.2 Å². The number of piperazine rings is 1. The van der Waals surface area contributed by atoms with Crippen LogP contribution in [0.4, 0.5) is 5.69 Å². The van der Waals surface area contributed by atoms with E-state index in [-0.39, 0.29) is 12.3 Å². The number of carbonyl (C=O) groups is 2. The molecule has 0 unspecified atom stereocenters. The Balaban J connectivity index is 1.70. The SMILES string of the molecule is N[C@H](Cc1ccccc1C(=O)N1CCN(c2ccccc2Cl)CC1)C(=O)O. The molecular formula is C20H22ClN3O3. The molecule has 1 amide bonds. The van der Waals surface area contributed by atoms with Crippen LogP contribution in [0.15, 0.2) is 48.5 Å². The third kappa shape index (κ3) is 4.40. The fourth-order valence-electron chi connectivity index (χ4n) is 3.26. The molecule has 1 aliphatic rings. The molecule has 27 heavy (non-hydrogen) atoms. The number of hydrogen-bond acceptors (Lipinski definition) is 4. The summed E-state index contributed by atoms with van der Waals surface area (Å²) < 4.78 is 0. The number of carbonyl (C=O) groups excluding carboxylic acids is 1. The number of carboxylic acids is 1. The van der Waals surface area contributed by atoms with Gasteiger partial charge in [-0.3, -0.25) is 9.59 Å². The van der Waals surface area contributed by atoms with Crippen molar-refractivity contribution in [3.05, 3.63) is 64.7 Å². The van der Waals surface area contributed by atoms with Crippen LogP contribution < -0.4 is 10.6 Å². The van der Waals surface area contributed by atoms with E-state index in [9.17, 15) is 9.59 Å². The summed E-state index contributed by atoms with van der Waals surface area (Å²) in [5.41, 5.74) is 7.79. The second-order valence-corrected chi connectivity index (χ2v) is 6.94. The highest BCUT2D eigenvalue weighted by atomic mass is 35.5. The van der Waals surface area contributed by atoms with Crippen molar-refractivity contribution < 1.29 is 14.7 Å². The Morgan fingerprint density at radius 1 is 1.04 bits per heavy atom. The Hall–Kier alpha value is -2.57. The lowest BCUT2D eigenvalue weighted by Gasteiger charge is -2.36. The zero-order chi connectivity index (χ0) is 19.4. The normalized spacial score (nSPS) is 15.5. The number of nitrogens with two attached hydrogens (primary N) is 1. The molecule has 142 valence electrons. The van der Waals surface area contributed by atoms with Crippen molar-refractivity contribution >= 4 is 29.2 Å². The molecular weight excluding hydrogens is 366 g/mol. The van der Waals surface area contributed by atoms with Gasteiger partial charge >= 0.3 is 5.97 Å². The number of amides is 1. The third-order valence-corrected chi connectivity index (χ3v) is 5.08. The van der Waals surface area contributed by atoms with Crippen LogP contribution in [0, 0.1) is 0 Å². The van der Waals surface area contributed by atoms with E-state index in [2.05, 4.69) is 4.90 Å². The second-order valence-electron chi connectivity index (χ2n) is 6.54. The second kappa shape index (κ2) is 8.41. The standard InChI is InChI=1S/C20H22ClN3O3/c21-16-7-3-4-8-18(16)23-9-11-24(12-10-23)19(25)15-6-2-1-5-14(15)13-17(22)20(26)27/h1-8,17H,9-13,22H2,(H,26,27)/t17-/m1/s1. The number of halogens is 1. The van der Waals surface area contributed by atoms with Crippen molar-refractivity contribution in [1.82, 2.24) is 4.90 Å². The van der Waals surface area contributed by atoms with E-state index < -0.39 is 12.0 Å². The van der Waals surface area contributed by atoms with Gasteiger partial charge in [0.1, 0.15) is 6.04 Å². The molecule has 0 aromatic heterocycles. The smallest absolute Gasteiger partial charge is 0.320 e. The van der Waals surface area contributed by atoms with E-state index in [0.717, 1.165) is 5.69 Å². The Morgan fingerprint density at radius 3 is 2.33 bits per heavy atom. The van der Waals surface area contributed by atoms with Crippen LogP contribution >= 0.6 is 11.6 Å². The van der Waals surface area contributed by atoms with Gasteiger partial charge in [0.2, 0.25) is 0 Å². The van der Waals surface area contributed by atoms with Crippen molar-refractivity contribution in [2.75, 3.05) is 31.1 Å². The predicted molar refractivity (Wildman–Crippen MR) is 105 cm³/mol. The number of benzene rings is 2. The Bertz CT molecular complexity index is 835. The van der Waals surface area contributed by atoms with Crippen LogP contribution in [0.25, 0.3) is 0 Å². The minimum Gasteiger partial charge on any atom is -0.480 e. The van der Waals surface area contributed by atoms with Crippen LogP contribution in [0.5, 0.6) is 0 Å². The molecule has 7 heteroatoms. The maximum absolute atomic E-state index is 13.0. The summed E-state index contributed by atoms with van der Waals surface area (Å²) in [6.45, 7) is 2.52. The first kappa shape index (κ1) is 19.2. The molecule has 1 saturated heterocycles. The summed E-state index contributed by atoms with van der Waals surface area (Å²) in [6.07, 6.45) is 0.122. The molecule has 0 radical (unpaired) electrons. The highest BCUT2D eigenvalue weighted by Gasteiger charge is 2.25. The molecule has 6 nitrogen and oxygen atoms in total. The molecule has 0 spiro atoms. The van der Waals surface area contributed by atoms with Crippen molar-refractivity contribution in [3.63, 3.8) is 0 Å². The number of carboxylic acid groups (broad SMARTS) is 1. The first-order chi connectivity index (χ1) is 13.0. The van der Waals surface area contributed by atoms with Gasteiger partial charge in [0, 0.05) is 31.7 Å². The molecule has 2 aromatic carbocycles. The zero-order valence-corrected chi connectivity index (χ0v) is 15.6. The maximum Gasteiger partial charge on any atom is 0.320 e. The number of nitrogens with zero attached hydrogens (tertiary/aromatic N) is 2. The van der Waals surface area contributed by atoms with Gasteiger partial charge in [-0.25, -0.2) is 0 Å². The molecule has 0 saturated carbocycles. The molecule has 0 aliphatic carbocycles. The van der Waals surface area contributed by atoms with Crippen LogP contribution in [-0.2, 0) is 11.2 Å². The van der Waals surface area contributed by atoms with Crippen molar-refractivity contribution in [2.24, 2.45) is 5.73 Å². The largest absolute Gasteiger partial charge is 0.480 e. The summed E-state index contributed by atoms with van der Waals surface area (Å²) in [6, 6.07) is 13.7. The van der Waals surface area contributed by atoms with E-state index in [1.807, 2.05) is 24.3 Å². The number of aliphatic carboxylic acids is 1. The van der Waals surface area contributed by atoms with E-state index >= 15 is 0 Å². The highest BCUT2D eigenvalue weighted by molar-refractivity contribution is 6.33. The van der Waals surface area contributed by atoms with Gasteiger partial charge in [-0.2, -0.15) is 0 Å². The molecule has 1 heterocycles. The predicted octanol–water partition coefficient (Wildman–Crippen LogP) is 2.26. The first-order valence-electron chi connectivity index (χ1n) is 8.82. The van der Waals surface area contributed by atoms with E-state index in [1.54, 1.807) is 29.2 Å². The molecule has 1 fully saturated rings. The third-order valence-electron chi connectivity index (χ3n) is 4.76. The first-order valence-corrected chi connectivity index (χ1v) is 9.20. The summed E-state index contributed by atoms with van der Waals surface area (Å²) in [5.74, 6) is -1.17. The molecule has 2 aromatic rings. The van der Waals surface area contributed by atoms with Crippen LogP contribution in [0.3, 0.4) is 0 Å². The van der Waals surface area contributed by atoms with Gasteiger partial charge in [-0.1, -0.05) is 41.9 Å². The van der Waals surface area contributed by atoms with Gasteiger partial charge < -0.3 is 20.6 Å². The number of anilines is 1. The Morgan fingerprint density at radius 2 is 1.67 bits per heavy atom. The summed E-state index contributed by atoms with van der Waals surface area (Å²) in [7, 11) is 0. The average molecular weight is 388 g/mol. The van der Waals surface area contributed by atoms with E-state index in [1.165, 1.54) is 0 Å². The minimum atomic E-state index is -1.08. The van der Waals surface area contributed by atoms with E-state index in [0.29, 0.717) is 42.3 Å². The lowest BCUT2D eigenvalue weighted by molar-refractivity contribution is -0.138. The Kier molecular flexibility index (Phi) is 5.98. The fraction of sp³-hybridized carbons (Fsp3) is 0.300. The molecule has 0 bridgehead atoms. The van der Waals surface area contributed by atoms with Crippen LogP contribution in [-0.4, -0.2) is 54.1 Å². The summed E-state index contributed by atoms with van der Waals surface area (Å²) in [4.78, 5) is 28.0. The Labute approximate surface area is 163 Å². The number of rotatable bonds is 5. The topological polar surface area (TPSA) is 86.9 Å². The van der Waals surface area contributed by atoms with E-state index in [4.69, 9.17) is 22.4 Å². The molecule has 1 atom stereocenters. The maximum atomic E-state index is 13.0. The number of hydrogen-bond donors (Lipinski definition) is 2. The van der Waals surface area contributed by atoms with Gasteiger partial charge in [0.05, 0.1) is 10.7 Å². The highest BCUT2D eigenvalue weighted by Crippen LogP contribution is 2.26. The van der Waals surface area contributed by atoms with Gasteiger partial charge in [0.15, 0.2) is 0 Å². The fourth-order valence-corrected chi connectivity index (χ4v) is 3.52. The lowest BCUT2D eigenvalue weighted by atomic mass is 9.99. The lowest BCUT2D eigenvalue weighted by Crippen LogP contribution is -2.49. The average Bonchev–Trinajstić information content (AvgIpc) is 2.68. The quantitative estimate of drug-likeness (QED) is 0.821. The molecule has 1 aliphatic heterocycles. The van der Waals surface area contributed by atoms with Crippen molar-refractivity contribution in [3.8, 4) is 0 Å². The van der Waals surface area contributed by atoms with Gasteiger partial charge in [-0.15, -0.1) is 0 Å². The monoisotopic (exact) mass is 387 g/mol. The summed E-state index contributed by atoms with van der Waals surface area (Å²) >= 11 is 6.27. The zero-order valence-electron chi connectivity index (χ0n) is 14.8. The molecule has 3 N–H and O–H groups in total. The molecule has 3 rings (SSSR count). The number of para-hydroxylation sites is 1. The minimum absolute atomic E-state index is 0.0954. The van der Waals surface area contributed by atoms with Crippen LogP contribution in [0.2, 0.25) is 5.02 Å². The van der Waals surface area contributed by atoms with Crippen molar-refractivity contribution in [2.45, 2.75) is 12.5 Å². The summed E-state index contributed by atoms with van der Waals surface area (Å²) in [5, 5.41) is 9.74. The van der Waals surface area contributed by atoms with Crippen LogP contribution in [0.1, 0.15) is 15.9 Å². The van der Waals surface area contributed by atoms with Gasteiger partial charge in [0.25, 0.3) is 5.91 Å².